The van der Waals surface area contributed by atoms with Crippen molar-refractivity contribution in [3.8, 4) is 0 Å². The van der Waals surface area contributed by atoms with Gasteiger partial charge in [-0.15, -0.1) is 5.10 Å². The van der Waals surface area contributed by atoms with Crippen LogP contribution in [0.5, 0.6) is 0 Å². The molecule has 0 bridgehead atoms. The quantitative estimate of drug-likeness (QED) is 0.568. The molecular weight excluding hydrogens is 453 g/mol. The average molecular weight is 467 g/mol. The molecule has 1 N–H and O–H groups in total. The van der Waals surface area contributed by atoms with Crippen LogP contribution in [0.15, 0.2) is 40.9 Å². The SMILES string of the molecule is [C-]#[N+]c1ccc(CC(=O)[C@@](C)(O)Cn2nnc3cc(Br)ccc32)cc1C(F)(F)F. The summed E-state index contributed by atoms with van der Waals surface area (Å²) in [4.78, 5) is 15.5. The van der Waals surface area contributed by atoms with Crippen LogP contribution in [0.3, 0.4) is 0 Å². The predicted molar refractivity (Wildman–Crippen MR) is 102 cm³/mol. The minimum Gasteiger partial charge on any atom is -0.380 e. The highest BCUT2D eigenvalue weighted by Crippen LogP contribution is 2.37. The second-order valence-electron chi connectivity index (χ2n) is 6.71. The first kappa shape index (κ1) is 21.0. The van der Waals surface area contributed by atoms with Crippen molar-refractivity contribution in [2.45, 2.75) is 31.7 Å². The van der Waals surface area contributed by atoms with Crippen LogP contribution in [-0.4, -0.2) is 31.5 Å². The van der Waals surface area contributed by atoms with Crippen molar-refractivity contribution < 1.29 is 23.1 Å². The van der Waals surface area contributed by atoms with Gasteiger partial charge in [-0.2, -0.15) is 13.2 Å². The zero-order valence-electron chi connectivity index (χ0n) is 15.0. The van der Waals surface area contributed by atoms with E-state index in [1.165, 1.54) is 17.7 Å². The second-order valence-corrected chi connectivity index (χ2v) is 7.63. The number of halogens is 4. The molecule has 1 aromatic heterocycles. The molecule has 150 valence electrons. The number of rotatable bonds is 5. The smallest absolute Gasteiger partial charge is 0.380 e. The lowest BCUT2D eigenvalue weighted by molar-refractivity contribution is -0.138. The van der Waals surface area contributed by atoms with Crippen molar-refractivity contribution in [1.29, 1.82) is 0 Å². The Labute approximate surface area is 171 Å². The zero-order chi connectivity index (χ0) is 21.4. The summed E-state index contributed by atoms with van der Waals surface area (Å²) in [6, 6.07) is 8.28. The summed E-state index contributed by atoms with van der Waals surface area (Å²) in [5.74, 6) is -0.679. The van der Waals surface area contributed by atoms with Gasteiger partial charge in [0.2, 0.25) is 0 Å². The van der Waals surface area contributed by atoms with Gasteiger partial charge in [-0.25, -0.2) is 9.53 Å². The Morgan fingerprint density at radius 1 is 1.28 bits per heavy atom. The lowest BCUT2D eigenvalue weighted by Gasteiger charge is -2.22. The summed E-state index contributed by atoms with van der Waals surface area (Å²) in [6.07, 6.45) is -5.14. The maximum Gasteiger partial charge on any atom is 0.407 e. The zero-order valence-corrected chi connectivity index (χ0v) is 16.6. The Morgan fingerprint density at radius 2 is 2.00 bits per heavy atom. The molecule has 0 aliphatic heterocycles. The van der Waals surface area contributed by atoms with Gasteiger partial charge in [0.05, 0.1) is 24.2 Å². The van der Waals surface area contributed by atoms with Crippen LogP contribution in [0.1, 0.15) is 18.1 Å². The van der Waals surface area contributed by atoms with Gasteiger partial charge in [0.25, 0.3) is 0 Å². The maximum atomic E-state index is 13.1. The lowest BCUT2D eigenvalue weighted by Crippen LogP contribution is -2.41. The Morgan fingerprint density at radius 3 is 2.66 bits per heavy atom. The van der Waals surface area contributed by atoms with Crippen LogP contribution in [-0.2, 0) is 23.9 Å². The number of hydrogen-bond acceptors (Lipinski definition) is 4. The van der Waals surface area contributed by atoms with Gasteiger partial charge in [-0.1, -0.05) is 39.3 Å². The summed E-state index contributed by atoms with van der Waals surface area (Å²) in [5.41, 5.74) is -2.31. The molecule has 0 saturated carbocycles. The number of carbonyl (C=O) groups excluding carboxylic acids is 1. The van der Waals surface area contributed by atoms with Gasteiger partial charge in [0.1, 0.15) is 11.1 Å². The number of aliphatic hydroxyl groups is 1. The molecule has 2 aromatic carbocycles. The van der Waals surface area contributed by atoms with Crippen LogP contribution in [0.25, 0.3) is 15.9 Å². The van der Waals surface area contributed by atoms with Gasteiger partial charge < -0.3 is 5.11 Å². The van der Waals surface area contributed by atoms with Crippen molar-refractivity contribution in [3.05, 3.63) is 63.4 Å². The molecule has 0 fully saturated rings. The number of hydrogen-bond donors (Lipinski definition) is 1. The average Bonchev–Trinajstić information content (AvgIpc) is 3.02. The van der Waals surface area contributed by atoms with E-state index in [-0.39, 0.29) is 12.1 Å². The van der Waals surface area contributed by atoms with E-state index in [2.05, 4.69) is 31.1 Å². The number of carbonyl (C=O) groups is 1. The first-order chi connectivity index (χ1) is 13.5. The van der Waals surface area contributed by atoms with Crippen LogP contribution in [0.2, 0.25) is 0 Å². The molecular formula is C19H14BrF3N4O2. The first-order valence-electron chi connectivity index (χ1n) is 8.33. The molecule has 3 aromatic rings. The molecule has 0 spiro atoms. The van der Waals surface area contributed by atoms with Crippen molar-refractivity contribution in [1.82, 2.24) is 15.0 Å². The topological polar surface area (TPSA) is 72.4 Å². The van der Waals surface area contributed by atoms with E-state index in [1.807, 2.05) is 0 Å². The molecule has 29 heavy (non-hydrogen) atoms. The van der Waals surface area contributed by atoms with E-state index in [1.54, 1.807) is 18.2 Å². The summed E-state index contributed by atoms with van der Waals surface area (Å²) < 4.78 is 41.5. The third kappa shape index (κ3) is 4.46. The monoisotopic (exact) mass is 466 g/mol. The molecule has 1 heterocycles. The predicted octanol–water partition coefficient (Wildman–Crippen LogP) is 4.33. The number of benzene rings is 2. The highest BCUT2D eigenvalue weighted by Gasteiger charge is 2.35. The number of Topliss-reactive ketones (excluding diaryl/α,β-unsaturated/α-hetero) is 1. The molecule has 0 aliphatic rings. The van der Waals surface area contributed by atoms with Crippen LogP contribution < -0.4 is 0 Å². The number of alkyl halides is 3. The standard InChI is InChI=1S/C19H14BrF3N4O2/c1-18(29,10-27-16-6-4-12(20)9-15(16)25-26-27)17(28)8-11-3-5-14(24-2)13(7-11)19(21,22)23/h3-7,9,29H,8,10H2,1H3/t18-/m0/s1. The van der Waals surface area contributed by atoms with E-state index in [9.17, 15) is 23.1 Å². The first-order valence-corrected chi connectivity index (χ1v) is 9.12. The summed E-state index contributed by atoms with van der Waals surface area (Å²) in [7, 11) is 0. The summed E-state index contributed by atoms with van der Waals surface area (Å²) >= 11 is 3.31. The molecule has 0 aliphatic carbocycles. The van der Waals surface area contributed by atoms with Crippen LogP contribution in [0.4, 0.5) is 18.9 Å². The Balaban J connectivity index is 1.83. The van der Waals surface area contributed by atoms with Crippen molar-refractivity contribution >= 4 is 38.4 Å². The molecule has 10 heteroatoms. The Bertz CT molecular complexity index is 1130. The second kappa shape index (κ2) is 7.57. The third-order valence-electron chi connectivity index (χ3n) is 4.39. The minimum absolute atomic E-state index is 0.0578. The van der Waals surface area contributed by atoms with E-state index in [0.29, 0.717) is 11.0 Å². The van der Waals surface area contributed by atoms with Gasteiger partial charge >= 0.3 is 6.18 Å². The summed E-state index contributed by atoms with van der Waals surface area (Å²) in [5, 5.41) is 18.5. The molecule has 0 unspecified atom stereocenters. The van der Waals surface area contributed by atoms with Gasteiger partial charge in [-0.05, 0) is 30.7 Å². The normalized spacial score (nSPS) is 13.8. The van der Waals surface area contributed by atoms with E-state index in [4.69, 9.17) is 6.57 Å². The Hall–Kier alpha value is -2.77. The molecule has 0 amide bonds. The van der Waals surface area contributed by atoms with Gasteiger partial charge in [0.15, 0.2) is 11.5 Å². The van der Waals surface area contributed by atoms with Crippen LogP contribution >= 0.6 is 15.9 Å². The number of ketones is 1. The molecule has 1 atom stereocenters. The number of aromatic nitrogens is 3. The van der Waals surface area contributed by atoms with Crippen molar-refractivity contribution in [3.63, 3.8) is 0 Å². The fourth-order valence-corrected chi connectivity index (χ4v) is 3.18. The third-order valence-corrected chi connectivity index (χ3v) is 4.88. The fraction of sp³-hybridized carbons (Fsp3) is 0.263. The van der Waals surface area contributed by atoms with Gasteiger partial charge in [0, 0.05) is 10.9 Å². The molecule has 3 rings (SSSR count). The minimum atomic E-state index is -4.71. The fourth-order valence-electron chi connectivity index (χ4n) is 2.84. The highest BCUT2D eigenvalue weighted by atomic mass is 79.9. The Kier molecular flexibility index (Phi) is 5.47. The summed E-state index contributed by atoms with van der Waals surface area (Å²) in [6.45, 7) is 7.93. The van der Waals surface area contributed by atoms with E-state index < -0.39 is 35.2 Å². The molecule has 0 radical (unpaired) electrons. The van der Waals surface area contributed by atoms with Crippen LogP contribution in [0, 0.1) is 6.57 Å². The largest absolute Gasteiger partial charge is 0.407 e. The highest BCUT2D eigenvalue weighted by molar-refractivity contribution is 9.10. The lowest BCUT2D eigenvalue weighted by atomic mass is 9.94. The molecule has 0 saturated heterocycles. The van der Waals surface area contributed by atoms with Gasteiger partial charge in [-0.3, -0.25) is 4.79 Å². The molecule has 6 nitrogen and oxygen atoms in total. The van der Waals surface area contributed by atoms with E-state index in [0.717, 1.165) is 16.6 Å². The van der Waals surface area contributed by atoms with Crippen molar-refractivity contribution in [2.75, 3.05) is 0 Å². The van der Waals surface area contributed by atoms with E-state index >= 15 is 0 Å². The van der Waals surface area contributed by atoms with Crippen molar-refractivity contribution in [2.24, 2.45) is 0 Å². The number of nitrogens with zero attached hydrogens (tertiary/aromatic N) is 4. The maximum absolute atomic E-state index is 13.1. The number of fused-ring (bicyclic) bond motifs is 1.